The van der Waals surface area contributed by atoms with Gasteiger partial charge in [-0.1, -0.05) is 0 Å². The summed E-state index contributed by atoms with van der Waals surface area (Å²) in [6.07, 6.45) is 0.107. The summed E-state index contributed by atoms with van der Waals surface area (Å²) in [5, 5.41) is 0. The maximum atomic E-state index is 11.8. The molecule has 0 spiro atoms. The molecule has 6 nitrogen and oxygen atoms in total. The number of ether oxygens (including phenoxy) is 2. The lowest BCUT2D eigenvalue weighted by molar-refractivity contribution is -0.125. The van der Waals surface area contributed by atoms with Crippen molar-refractivity contribution < 1.29 is 14.3 Å². The van der Waals surface area contributed by atoms with E-state index in [4.69, 9.17) is 15.2 Å². The molecule has 3 rings (SSSR count). The summed E-state index contributed by atoms with van der Waals surface area (Å²) >= 11 is 0. The number of benzene rings is 1. The molecule has 0 aromatic heterocycles. The van der Waals surface area contributed by atoms with Crippen LogP contribution in [0.4, 0.5) is 11.4 Å². The largest absolute Gasteiger partial charge is 0.370 e. The predicted molar refractivity (Wildman–Crippen MR) is 75.8 cm³/mol. The third-order valence-corrected chi connectivity index (χ3v) is 3.67. The number of hydrogen-bond donors (Lipinski definition) is 1. The molecule has 0 bridgehead atoms. The minimum Gasteiger partial charge on any atom is -0.370 e. The number of carbonyl (C=O) groups excluding carboxylic acids is 1. The molecule has 108 valence electrons. The molecule has 6 heteroatoms. The molecule has 1 amide bonds. The quantitative estimate of drug-likeness (QED) is 0.853. The maximum Gasteiger partial charge on any atom is 0.253 e. The molecule has 2 saturated heterocycles. The molecule has 0 aliphatic carbocycles. The maximum absolute atomic E-state index is 11.8. The van der Waals surface area contributed by atoms with Crippen LogP contribution in [0.15, 0.2) is 24.3 Å². The normalized spacial score (nSPS) is 23.4. The average Bonchev–Trinajstić information content (AvgIpc) is 2.97. The van der Waals surface area contributed by atoms with E-state index in [1.807, 2.05) is 24.3 Å². The van der Waals surface area contributed by atoms with Crippen molar-refractivity contribution in [2.24, 2.45) is 5.73 Å². The standard InChI is InChI=1S/C14H19N3O3/c15-7-13-8-16(10-20-13)11-1-3-12(4-2-11)17-5-6-19-9-14(17)18/h1-4,13H,5-10,15H2. The summed E-state index contributed by atoms with van der Waals surface area (Å²) in [6, 6.07) is 7.96. The molecule has 2 heterocycles. The van der Waals surface area contributed by atoms with Crippen LogP contribution in [0, 0.1) is 0 Å². The summed E-state index contributed by atoms with van der Waals surface area (Å²) in [5.74, 6) is 0.0108. The molecule has 2 fully saturated rings. The van der Waals surface area contributed by atoms with E-state index in [1.165, 1.54) is 0 Å². The third-order valence-electron chi connectivity index (χ3n) is 3.67. The number of morpholine rings is 1. The van der Waals surface area contributed by atoms with Crippen LogP contribution in [0.5, 0.6) is 0 Å². The smallest absolute Gasteiger partial charge is 0.253 e. The zero-order valence-corrected chi connectivity index (χ0v) is 11.3. The van der Waals surface area contributed by atoms with E-state index in [-0.39, 0.29) is 18.6 Å². The molecule has 1 aromatic carbocycles. The lowest BCUT2D eigenvalue weighted by Crippen LogP contribution is -2.41. The van der Waals surface area contributed by atoms with Crippen LogP contribution in [-0.4, -0.2) is 51.6 Å². The second kappa shape index (κ2) is 5.78. The number of anilines is 2. The first-order valence-corrected chi connectivity index (χ1v) is 6.83. The van der Waals surface area contributed by atoms with Gasteiger partial charge >= 0.3 is 0 Å². The van der Waals surface area contributed by atoms with Crippen LogP contribution in [0.3, 0.4) is 0 Å². The van der Waals surface area contributed by atoms with E-state index in [1.54, 1.807) is 4.90 Å². The molecule has 1 aromatic rings. The van der Waals surface area contributed by atoms with Crippen LogP contribution in [0.25, 0.3) is 0 Å². The van der Waals surface area contributed by atoms with Gasteiger partial charge < -0.3 is 25.0 Å². The van der Waals surface area contributed by atoms with Crippen molar-refractivity contribution in [2.45, 2.75) is 6.10 Å². The summed E-state index contributed by atoms with van der Waals surface area (Å²) in [5.41, 5.74) is 7.61. The molecule has 0 saturated carbocycles. The molecule has 2 N–H and O–H groups in total. The van der Waals surface area contributed by atoms with E-state index in [9.17, 15) is 4.79 Å². The van der Waals surface area contributed by atoms with Crippen LogP contribution in [0.1, 0.15) is 0 Å². The fourth-order valence-electron chi connectivity index (χ4n) is 2.50. The van der Waals surface area contributed by atoms with E-state index >= 15 is 0 Å². The molecular weight excluding hydrogens is 258 g/mol. The van der Waals surface area contributed by atoms with Gasteiger partial charge in [-0.25, -0.2) is 0 Å². The van der Waals surface area contributed by atoms with Crippen molar-refractivity contribution in [2.75, 3.05) is 49.4 Å². The SMILES string of the molecule is NCC1CN(c2ccc(N3CCOCC3=O)cc2)CO1. The zero-order valence-electron chi connectivity index (χ0n) is 11.3. The van der Waals surface area contributed by atoms with Crippen LogP contribution < -0.4 is 15.5 Å². The Balaban J connectivity index is 1.70. The molecule has 1 unspecified atom stereocenters. The Hall–Kier alpha value is -1.63. The minimum atomic E-state index is 0.0108. The van der Waals surface area contributed by atoms with Gasteiger partial charge in [-0.05, 0) is 24.3 Å². The number of nitrogens with two attached hydrogens (primary N) is 1. The van der Waals surface area contributed by atoms with E-state index in [0.29, 0.717) is 26.4 Å². The van der Waals surface area contributed by atoms with E-state index in [0.717, 1.165) is 17.9 Å². The van der Waals surface area contributed by atoms with Gasteiger partial charge in [-0.15, -0.1) is 0 Å². The van der Waals surface area contributed by atoms with Crippen LogP contribution in [-0.2, 0) is 14.3 Å². The summed E-state index contributed by atoms with van der Waals surface area (Å²) in [6.45, 7) is 3.28. The lowest BCUT2D eigenvalue weighted by Gasteiger charge is -2.27. The van der Waals surface area contributed by atoms with Gasteiger partial charge in [0.1, 0.15) is 13.3 Å². The summed E-state index contributed by atoms with van der Waals surface area (Å²) in [7, 11) is 0. The Morgan fingerprint density at radius 1 is 1.25 bits per heavy atom. The number of carbonyl (C=O) groups is 1. The highest BCUT2D eigenvalue weighted by Crippen LogP contribution is 2.24. The van der Waals surface area contributed by atoms with Crippen molar-refractivity contribution in [1.29, 1.82) is 0 Å². The first-order valence-electron chi connectivity index (χ1n) is 6.83. The third kappa shape index (κ3) is 2.63. The van der Waals surface area contributed by atoms with Gasteiger partial charge in [0.2, 0.25) is 0 Å². The Labute approximate surface area is 118 Å². The molecule has 20 heavy (non-hydrogen) atoms. The second-order valence-electron chi connectivity index (χ2n) is 4.99. The van der Waals surface area contributed by atoms with Crippen LogP contribution >= 0.6 is 0 Å². The van der Waals surface area contributed by atoms with Crippen molar-refractivity contribution in [1.82, 2.24) is 0 Å². The van der Waals surface area contributed by atoms with Crippen molar-refractivity contribution in [3.63, 3.8) is 0 Å². The predicted octanol–water partition coefficient (Wildman–Crippen LogP) is 0.171. The molecule has 2 aliphatic heterocycles. The van der Waals surface area contributed by atoms with Gasteiger partial charge in [0.25, 0.3) is 5.91 Å². The van der Waals surface area contributed by atoms with Crippen molar-refractivity contribution in [3.8, 4) is 0 Å². The van der Waals surface area contributed by atoms with Gasteiger partial charge in [0.05, 0.1) is 12.7 Å². The lowest BCUT2D eigenvalue weighted by atomic mass is 10.2. The van der Waals surface area contributed by atoms with E-state index < -0.39 is 0 Å². The van der Waals surface area contributed by atoms with Crippen LogP contribution in [0.2, 0.25) is 0 Å². The summed E-state index contributed by atoms with van der Waals surface area (Å²) < 4.78 is 10.7. The average molecular weight is 277 g/mol. The highest BCUT2D eigenvalue weighted by molar-refractivity contribution is 5.95. The fraction of sp³-hybridized carbons (Fsp3) is 0.500. The van der Waals surface area contributed by atoms with Gasteiger partial charge in [-0.3, -0.25) is 4.79 Å². The Bertz CT molecular complexity index is 477. The van der Waals surface area contributed by atoms with Crippen molar-refractivity contribution >= 4 is 17.3 Å². The zero-order chi connectivity index (χ0) is 13.9. The van der Waals surface area contributed by atoms with Gasteiger partial charge in [-0.2, -0.15) is 0 Å². The van der Waals surface area contributed by atoms with Crippen molar-refractivity contribution in [3.05, 3.63) is 24.3 Å². The van der Waals surface area contributed by atoms with Gasteiger partial charge in [0.15, 0.2) is 0 Å². The first kappa shape index (κ1) is 13.4. The molecule has 2 aliphatic rings. The Morgan fingerprint density at radius 3 is 2.65 bits per heavy atom. The highest BCUT2D eigenvalue weighted by atomic mass is 16.5. The highest BCUT2D eigenvalue weighted by Gasteiger charge is 2.23. The van der Waals surface area contributed by atoms with Gasteiger partial charge in [0, 0.05) is 31.0 Å². The number of amides is 1. The minimum absolute atomic E-state index is 0.0108. The number of rotatable bonds is 3. The monoisotopic (exact) mass is 277 g/mol. The van der Waals surface area contributed by atoms with E-state index in [2.05, 4.69) is 4.90 Å². The number of hydrogen-bond acceptors (Lipinski definition) is 5. The molecule has 0 radical (unpaired) electrons. The Kier molecular flexibility index (Phi) is 3.86. The first-order chi connectivity index (χ1) is 9.78. The number of nitrogens with zero attached hydrogens (tertiary/aromatic N) is 2. The summed E-state index contributed by atoms with van der Waals surface area (Å²) in [4.78, 5) is 15.7. The second-order valence-corrected chi connectivity index (χ2v) is 4.99. The fourth-order valence-corrected chi connectivity index (χ4v) is 2.50. The molecule has 1 atom stereocenters. The Morgan fingerprint density at radius 2 is 2.00 bits per heavy atom. The molecular formula is C14H19N3O3. The topological polar surface area (TPSA) is 68.0 Å².